The van der Waals surface area contributed by atoms with Gasteiger partial charge in [-0.3, -0.25) is 9.59 Å². The number of carbonyl (C=O) groups is 4. The predicted octanol–water partition coefficient (Wildman–Crippen LogP) is 10.5. The van der Waals surface area contributed by atoms with E-state index in [9.17, 15) is 19.2 Å². The molecule has 0 aliphatic heterocycles. The topological polar surface area (TPSA) is 126 Å². The first-order valence-corrected chi connectivity index (χ1v) is 24.2. The smallest absolute Gasteiger partial charge is 0.407 e. The molecule has 1 amide bonds. The van der Waals surface area contributed by atoms with Crippen molar-refractivity contribution in [2.75, 3.05) is 0 Å². The van der Waals surface area contributed by atoms with Gasteiger partial charge in [0.05, 0.1) is 24.5 Å². The summed E-state index contributed by atoms with van der Waals surface area (Å²) in [5.74, 6) is -3.08. The summed E-state index contributed by atoms with van der Waals surface area (Å²) in [5.41, 5.74) is 2.61. The molecule has 0 bridgehead atoms. The van der Waals surface area contributed by atoms with E-state index in [1.165, 1.54) is 0 Å². The number of amides is 1. The van der Waals surface area contributed by atoms with Crippen molar-refractivity contribution in [2.45, 2.75) is 156 Å². The molecule has 3 rings (SSSR count). The van der Waals surface area contributed by atoms with Crippen molar-refractivity contribution in [1.29, 1.82) is 0 Å². The Balaban J connectivity index is 1.87. The number of ether oxygens (including phenoxy) is 4. The van der Waals surface area contributed by atoms with Crippen LogP contribution in [-0.2, 0) is 57.4 Å². The van der Waals surface area contributed by atoms with E-state index in [4.69, 9.17) is 23.4 Å². The lowest BCUT2D eigenvalue weighted by atomic mass is 9.97. The molecular formula is C48H69NO9Si. The van der Waals surface area contributed by atoms with Crippen LogP contribution >= 0.6 is 0 Å². The van der Waals surface area contributed by atoms with Crippen LogP contribution in [0.3, 0.4) is 0 Å². The molecular weight excluding hydrogens is 763 g/mol. The summed E-state index contributed by atoms with van der Waals surface area (Å²) in [6.45, 7) is 18.1. The lowest BCUT2D eigenvalue weighted by molar-refractivity contribution is -0.179. The van der Waals surface area contributed by atoms with E-state index < -0.39 is 62.6 Å². The fourth-order valence-electron chi connectivity index (χ4n) is 6.27. The van der Waals surface area contributed by atoms with Crippen molar-refractivity contribution < 1.29 is 42.6 Å². The number of benzene rings is 3. The number of rotatable bonds is 24. The quantitative estimate of drug-likeness (QED) is 0.0406. The monoisotopic (exact) mass is 831 g/mol. The summed E-state index contributed by atoms with van der Waals surface area (Å²) in [7, 11) is -2.54. The van der Waals surface area contributed by atoms with Crippen molar-refractivity contribution in [2.24, 2.45) is 11.8 Å². The fourth-order valence-corrected chi connectivity index (χ4v) is 7.63. The van der Waals surface area contributed by atoms with Gasteiger partial charge >= 0.3 is 24.0 Å². The molecule has 0 saturated carbocycles. The highest BCUT2D eigenvalue weighted by Gasteiger charge is 2.43. The highest BCUT2D eigenvalue weighted by Crippen LogP contribution is 2.38. The highest BCUT2D eigenvalue weighted by molar-refractivity contribution is 6.74. The summed E-state index contributed by atoms with van der Waals surface area (Å²) in [6.07, 6.45) is 2.07. The van der Waals surface area contributed by atoms with Crippen molar-refractivity contribution in [1.82, 2.24) is 5.32 Å². The molecule has 0 radical (unpaired) electrons. The summed E-state index contributed by atoms with van der Waals surface area (Å²) in [4.78, 5) is 54.6. The molecule has 1 N–H and O–H groups in total. The minimum atomic E-state index is -2.54. The van der Waals surface area contributed by atoms with Gasteiger partial charge in [0.15, 0.2) is 8.32 Å². The van der Waals surface area contributed by atoms with Crippen LogP contribution in [0.15, 0.2) is 91.0 Å². The lowest BCUT2D eigenvalue weighted by Gasteiger charge is -2.41. The van der Waals surface area contributed by atoms with Crippen LogP contribution in [0, 0.1) is 11.8 Å². The van der Waals surface area contributed by atoms with Crippen LogP contribution in [-0.4, -0.2) is 56.7 Å². The molecule has 0 aromatic heterocycles. The Kier molecular flexibility index (Phi) is 20.4. The van der Waals surface area contributed by atoms with Gasteiger partial charge < -0.3 is 28.7 Å². The van der Waals surface area contributed by atoms with Crippen LogP contribution in [0.1, 0.15) is 110 Å². The van der Waals surface area contributed by atoms with Crippen LogP contribution in [0.5, 0.6) is 0 Å². The Bertz CT molecular complexity index is 1700. The molecule has 10 nitrogen and oxygen atoms in total. The molecule has 324 valence electrons. The van der Waals surface area contributed by atoms with Crippen molar-refractivity contribution in [3.63, 3.8) is 0 Å². The van der Waals surface area contributed by atoms with Gasteiger partial charge in [-0.05, 0) is 61.0 Å². The normalized spacial score (nSPS) is 14.3. The molecule has 3 aromatic carbocycles. The molecule has 0 heterocycles. The number of carbonyl (C=O) groups excluding carboxylic acids is 4. The Morgan fingerprint density at radius 1 is 0.661 bits per heavy atom. The second-order valence-corrected chi connectivity index (χ2v) is 22.1. The second-order valence-electron chi connectivity index (χ2n) is 17.3. The van der Waals surface area contributed by atoms with Gasteiger partial charge in [0.1, 0.15) is 19.3 Å². The van der Waals surface area contributed by atoms with E-state index in [0.717, 1.165) is 48.8 Å². The minimum absolute atomic E-state index is 0.0526. The van der Waals surface area contributed by atoms with Crippen molar-refractivity contribution >= 4 is 32.3 Å². The summed E-state index contributed by atoms with van der Waals surface area (Å²) >= 11 is 0. The second kappa shape index (κ2) is 24.6. The Hall–Kier alpha value is -4.48. The first-order chi connectivity index (χ1) is 28.0. The zero-order valence-corrected chi connectivity index (χ0v) is 37.9. The molecule has 0 aliphatic rings. The zero-order chi connectivity index (χ0) is 43.4. The van der Waals surface area contributed by atoms with Gasteiger partial charge in [0.25, 0.3) is 0 Å². The summed E-state index contributed by atoms with van der Waals surface area (Å²) in [6, 6.07) is 27.8. The first-order valence-electron chi connectivity index (χ1n) is 21.3. The summed E-state index contributed by atoms with van der Waals surface area (Å²) in [5, 5.41) is 2.82. The van der Waals surface area contributed by atoms with E-state index in [-0.39, 0.29) is 30.6 Å². The number of unbranched alkanes of at least 4 members (excludes halogenated alkanes) is 4. The Labute approximate surface area is 354 Å². The molecule has 5 atom stereocenters. The van der Waals surface area contributed by atoms with Gasteiger partial charge in [-0.25, -0.2) is 9.59 Å². The largest absolute Gasteiger partial charge is 0.461 e. The van der Waals surface area contributed by atoms with Crippen LogP contribution in [0.2, 0.25) is 18.1 Å². The third-order valence-corrected chi connectivity index (χ3v) is 15.5. The van der Waals surface area contributed by atoms with E-state index in [1.807, 2.05) is 91.0 Å². The average Bonchev–Trinajstić information content (AvgIpc) is 3.20. The van der Waals surface area contributed by atoms with E-state index >= 15 is 0 Å². The van der Waals surface area contributed by atoms with Gasteiger partial charge in [-0.2, -0.15) is 0 Å². The molecule has 0 fully saturated rings. The maximum Gasteiger partial charge on any atom is 0.407 e. The van der Waals surface area contributed by atoms with E-state index in [1.54, 1.807) is 20.8 Å². The van der Waals surface area contributed by atoms with Crippen LogP contribution in [0.4, 0.5) is 4.79 Å². The van der Waals surface area contributed by atoms with Gasteiger partial charge in [0, 0.05) is 5.92 Å². The maximum absolute atomic E-state index is 14.2. The minimum Gasteiger partial charge on any atom is -0.461 e. The summed E-state index contributed by atoms with van der Waals surface area (Å²) < 4.78 is 30.2. The molecule has 3 aromatic rings. The van der Waals surface area contributed by atoms with Crippen molar-refractivity contribution in [3.05, 3.63) is 108 Å². The zero-order valence-electron chi connectivity index (χ0n) is 36.9. The van der Waals surface area contributed by atoms with Crippen molar-refractivity contribution in [3.8, 4) is 0 Å². The third kappa shape index (κ3) is 17.3. The molecule has 0 aliphatic carbocycles. The standard InChI is InChI=1S/C48H69NO9Si/c1-10-11-12-13-23-30-41(36(4)45(51)57-44(35(2)3)46(52)54-33-38-26-19-15-20-27-38)56-43(50)32-42(58-59(8,9)48(5,6)7)40(31-37-24-17-14-18-25-37)49-47(53)55-34-39-28-21-16-22-29-39/h14-22,24-29,35-36,40-42,44H,10-13,23,30-34H2,1-9H3,(H,49,53)/t36-,40-,41+,42+,44-/m0/s1. The number of hydrogen-bond acceptors (Lipinski definition) is 9. The number of nitrogens with one attached hydrogen (secondary N) is 1. The number of hydrogen-bond donors (Lipinski definition) is 1. The lowest BCUT2D eigenvalue weighted by Crippen LogP contribution is -2.53. The number of alkyl carbamates (subject to hydrolysis) is 1. The third-order valence-electron chi connectivity index (χ3n) is 11.0. The van der Waals surface area contributed by atoms with Gasteiger partial charge in [-0.1, -0.05) is 158 Å². The SMILES string of the molecule is CCCCCCC[C@@H](OC(=O)C[C@@H](O[Si](C)(C)C(C)(C)C)[C@H](Cc1ccccc1)NC(=O)OCc1ccccc1)[C@H](C)C(=O)O[C@H](C(=O)OCc1ccccc1)C(C)C. The molecule has 0 saturated heterocycles. The van der Waals surface area contributed by atoms with E-state index in [2.05, 4.69) is 46.1 Å². The molecule has 11 heteroatoms. The predicted molar refractivity (Wildman–Crippen MR) is 234 cm³/mol. The van der Waals surface area contributed by atoms with Gasteiger partial charge in [0.2, 0.25) is 6.10 Å². The fraction of sp³-hybridized carbons (Fsp3) is 0.542. The van der Waals surface area contributed by atoms with Gasteiger partial charge in [-0.15, -0.1) is 0 Å². The maximum atomic E-state index is 14.2. The number of esters is 3. The molecule has 59 heavy (non-hydrogen) atoms. The highest BCUT2D eigenvalue weighted by atomic mass is 28.4. The Morgan fingerprint density at radius 2 is 1.19 bits per heavy atom. The Morgan fingerprint density at radius 3 is 1.71 bits per heavy atom. The molecule has 0 spiro atoms. The van der Waals surface area contributed by atoms with Crippen LogP contribution in [0.25, 0.3) is 0 Å². The van der Waals surface area contributed by atoms with E-state index in [0.29, 0.717) is 12.8 Å². The average molecular weight is 832 g/mol. The van der Waals surface area contributed by atoms with Crippen LogP contribution < -0.4 is 5.32 Å². The first kappa shape index (κ1) is 48.9. The molecule has 0 unspecified atom stereocenters.